The predicted octanol–water partition coefficient (Wildman–Crippen LogP) is 4.74. The summed E-state index contributed by atoms with van der Waals surface area (Å²) in [4.78, 5) is 43.6. The number of pyridine rings is 1. The van der Waals surface area contributed by atoms with Crippen molar-refractivity contribution < 1.29 is 24.2 Å². The molecule has 202 valence electrons. The van der Waals surface area contributed by atoms with Crippen molar-refractivity contribution in [2.75, 3.05) is 11.9 Å². The lowest BCUT2D eigenvalue weighted by Crippen LogP contribution is -2.25. The largest absolute Gasteiger partial charge is 0.488 e. The lowest BCUT2D eigenvalue weighted by Gasteiger charge is -2.21. The minimum Gasteiger partial charge on any atom is -0.488 e. The molecule has 4 aromatic rings. The molecule has 1 aliphatic rings. The van der Waals surface area contributed by atoms with Gasteiger partial charge < -0.3 is 26.2 Å². The number of nitrogen functional groups attached to an aromatic ring is 1. The lowest BCUT2D eigenvalue weighted by atomic mass is 9.92. The zero-order valence-electron chi connectivity index (χ0n) is 21.4. The number of aromatic carboxylic acids is 1. The van der Waals surface area contributed by atoms with Crippen LogP contribution in [0.25, 0.3) is 21.6 Å². The van der Waals surface area contributed by atoms with Crippen LogP contribution >= 0.6 is 11.3 Å². The number of thiophene rings is 1. The van der Waals surface area contributed by atoms with Crippen LogP contribution in [-0.2, 0) is 6.61 Å². The average molecular weight is 556 g/mol. The van der Waals surface area contributed by atoms with Crippen molar-refractivity contribution in [1.29, 1.82) is 5.41 Å². The van der Waals surface area contributed by atoms with E-state index in [-0.39, 0.29) is 28.4 Å². The fourth-order valence-corrected chi connectivity index (χ4v) is 5.29. The van der Waals surface area contributed by atoms with Gasteiger partial charge in [-0.2, -0.15) is 0 Å². The van der Waals surface area contributed by atoms with Crippen LogP contribution in [-0.4, -0.2) is 40.3 Å². The summed E-state index contributed by atoms with van der Waals surface area (Å²) in [5.74, 6) is -1.90. The van der Waals surface area contributed by atoms with Gasteiger partial charge in [-0.05, 0) is 66.4 Å². The molecular formula is C29H25N5O5S. The summed E-state index contributed by atoms with van der Waals surface area (Å²) in [5, 5.41) is 25.1. The van der Waals surface area contributed by atoms with E-state index in [9.17, 15) is 19.5 Å². The molecule has 0 saturated carbocycles. The smallest absolute Gasteiger partial charge is 0.355 e. The lowest BCUT2D eigenvalue weighted by molar-refractivity contribution is 0.0691. The van der Waals surface area contributed by atoms with Crippen LogP contribution in [0.4, 0.5) is 5.69 Å². The Morgan fingerprint density at radius 3 is 2.52 bits per heavy atom. The van der Waals surface area contributed by atoms with Gasteiger partial charge in [-0.15, -0.1) is 11.3 Å². The molecule has 1 aliphatic heterocycles. The number of hydrogen-bond acceptors (Lipinski definition) is 7. The third-order valence-electron chi connectivity index (χ3n) is 6.35. The van der Waals surface area contributed by atoms with Crippen LogP contribution in [0, 0.1) is 5.41 Å². The summed E-state index contributed by atoms with van der Waals surface area (Å²) in [6.07, 6.45) is 0.715. The Morgan fingerprint density at radius 1 is 1.05 bits per heavy atom. The maximum Gasteiger partial charge on any atom is 0.355 e. The number of aromatic nitrogens is 1. The SMILES string of the molecule is CCCNC(=O)c1ccc(-c2cc3c(cc2C(=O)Nc2ccc(C(=N)N)cc2)-c2sccc2CO3)c(C(=O)O)n1. The molecule has 2 amide bonds. The van der Waals surface area contributed by atoms with Gasteiger partial charge in [-0.3, -0.25) is 15.0 Å². The molecule has 11 heteroatoms. The molecule has 0 radical (unpaired) electrons. The first-order chi connectivity index (χ1) is 19.3. The third-order valence-corrected chi connectivity index (χ3v) is 7.34. The first-order valence-corrected chi connectivity index (χ1v) is 13.3. The van der Waals surface area contributed by atoms with Crippen LogP contribution in [0.15, 0.2) is 60.0 Å². The monoisotopic (exact) mass is 555 g/mol. The van der Waals surface area contributed by atoms with Crippen molar-refractivity contribution in [3.05, 3.63) is 88.1 Å². The van der Waals surface area contributed by atoms with Crippen LogP contribution in [0.1, 0.15) is 55.8 Å². The first-order valence-electron chi connectivity index (χ1n) is 12.4. The van der Waals surface area contributed by atoms with E-state index in [4.69, 9.17) is 15.9 Å². The number of fused-ring (bicyclic) bond motifs is 3. The molecule has 0 fully saturated rings. The number of anilines is 1. The maximum absolute atomic E-state index is 13.7. The number of carbonyl (C=O) groups is 3. The van der Waals surface area contributed by atoms with Crippen molar-refractivity contribution in [2.24, 2.45) is 5.73 Å². The van der Waals surface area contributed by atoms with E-state index >= 15 is 0 Å². The van der Waals surface area contributed by atoms with Gasteiger partial charge >= 0.3 is 5.97 Å². The normalized spacial score (nSPS) is 11.5. The highest BCUT2D eigenvalue weighted by Gasteiger charge is 2.27. The zero-order chi connectivity index (χ0) is 28.4. The number of amidine groups is 1. The van der Waals surface area contributed by atoms with Crippen molar-refractivity contribution in [1.82, 2.24) is 10.3 Å². The van der Waals surface area contributed by atoms with Gasteiger partial charge in [-0.25, -0.2) is 9.78 Å². The number of carboxylic acids is 1. The van der Waals surface area contributed by atoms with Gasteiger partial charge in [-0.1, -0.05) is 6.92 Å². The number of carbonyl (C=O) groups excluding carboxylic acids is 2. The van der Waals surface area contributed by atoms with Crippen molar-refractivity contribution in [2.45, 2.75) is 20.0 Å². The molecule has 5 rings (SSSR count). The van der Waals surface area contributed by atoms with Gasteiger partial charge in [0.05, 0.1) is 0 Å². The summed E-state index contributed by atoms with van der Waals surface area (Å²) in [6.45, 7) is 2.68. The topological polar surface area (TPSA) is 167 Å². The molecule has 3 heterocycles. The second kappa shape index (κ2) is 11.0. The molecule has 40 heavy (non-hydrogen) atoms. The molecule has 0 atom stereocenters. The Kier molecular flexibility index (Phi) is 7.30. The van der Waals surface area contributed by atoms with E-state index in [2.05, 4.69) is 15.6 Å². The van der Waals surface area contributed by atoms with Gasteiger partial charge in [0.15, 0.2) is 5.69 Å². The minimum atomic E-state index is -1.34. The average Bonchev–Trinajstić information content (AvgIpc) is 3.44. The Hall–Kier alpha value is -5.03. The van der Waals surface area contributed by atoms with Gasteiger partial charge in [0.2, 0.25) is 0 Å². The molecule has 0 unspecified atom stereocenters. The maximum atomic E-state index is 13.7. The summed E-state index contributed by atoms with van der Waals surface area (Å²) < 4.78 is 5.98. The minimum absolute atomic E-state index is 0.0383. The van der Waals surface area contributed by atoms with E-state index in [0.717, 1.165) is 16.0 Å². The molecule has 0 spiro atoms. The van der Waals surface area contributed by atoms with Crippen LogP contribution in [0.3, 0.4) is 0 Å². The van der Waals surface area contributed by atoms with Crippen LogP contribution < -0.4 is 21.1 Å². The molecule has 10 nitrogen and oxygen atoms in total. The second-order valence-corrected chi connectivity index (χ2v) is 9.97. The van der Waals surface area contributed by atoms with E-state index in [1.807, 2.05) is 18.4 Å². The highest BCUT2D eigenvalue weighted by Crippen LogP contribution is 2.44. The first kappa shape index (κ1) is 26.6. The molecule has 0 bridgehead atoms. The second-order valence-electron chi connectivity index (χ2n) is 9.06. The predicted molar refractivity (Wildman–Crippen MR) is 152 cm³/mol. The van der Waals surface area contributed by atoms with Crippen molar-refractivity contribution in [3.63, 3.8) is 0 Å². The Balaban J connectivity index is 1.62. The summed E-state index contributed by atoms with van der Waals surface area (Å²) in [6, 6.07) is 14.7. The van der Waals surface area contributed by atoms with E-state index in [1.165, 1.54) is 23.5 Å². The fraction of sp³-hybridized carbons (Fsp3) is 0.138. The highest BCUT2D eigenvalue weighted by atomic mass is 32.1. The number of ether oxygens (including phenoxy) is 1. The Bertz CT molecular complexity index is 1660. The zero-order valence-corrected chi connectivity index (χ0v) is 22.2. The number of hydrogen-bond donors (Lipinski definition) is 5. The summed E-state index contributed by atoms with van der Waals surface area (Å²) in [7, 11) is 0. The third kappa shape index (κ3) is 5.14. The quantitative estimate of drug-likeness (QED) is 0.154. The highest BCUT2D eigenvalue weighted by molar-refractivity contribution is 7.13. The molecule has 2 aromatic carbocycles. The van der Waals surface area contributed by atoms with E-state index < -0.39 is 17.8 Å². The van der Waals surface area contributed by atoms with E-state index in [1.54, 1.807) is 36.4 Å². The van der Waals surface area contributed by atoms with Gasteiger partial charge in [0.1, 0.15) is 23.9 Å². The molecule has 6 N–H and O–H groups in total. The van der Waals surface area contributed by atoms with Crippen molar-refractivity contribution in [3.8, 4) is 27.3 Å². The number of nitrogens with one attached hydrogen (secondary N) is 3. The summed E-state index contributed by atoms with van der Waals surface area (Å²) in [5.41, 5.74) is 8.48. The standard InChI is InChI=1S/C29H25N5O5S/c1-2-10-32-28(36)22-8-7-18(24(34-22)29(37)38)19-13-23-21(25-16(14-39-23)9-11-40-25)12-20(19)27(35)33-17-5-3-15(4-6-17)26(30)31/h3-9,11-13H,2,10,14H2,1H3,(H3,30,31)(H,32,36)(H,33,35)(H,37,38). The molecular weight excluding hydrogens is 530 g/mol. The van der Waals surface area contributed by atoms with Gasteiger partial charge in [0.25, 0.3) is 11.8 Å². The van der Waals surface area contributed by atoms with Crippen molar-refractivity contribution >= 4 is 40.6 Å². The number of carboxylic acid groups (broad SMARTS) is 1. The summed E-state index contributed by atoms with van der Waals surface area (Å²) >= 11 is 1.52. The Morgan fingerprint density at radius 2 is 1.82 bits per heavy atom. The van der Waals surface area contributed by atoms with Crippen LogP contribution in [0.5, 0.6) is 5.75 Å². The number of nitrogens with two attached hydrogens (primary N) is 1. The molecule has 0 aliphatic carbocycles. The number of amides is 2. The number of rotatable bonds is 8. The Labute approximate surface area is 233 Å². The molecule has 0 saturated heterocycles. The number of nitrogens with zero attached hydrogens (tertiary/aromatic N) is 1. The van der Waals surface area contributed by atoms with E-state index in [0.29, 0.717) is 42.1 Å². The fourth-order valence-electron chi connectivity index (χ4n) is 4.36. The number of benzene rings is 2. The molecule has 2 aromatic heterocycles. The van der Waals surface area contributed by atoms with Crippen LogP contribution in [0.2, 0.25) is 0 Å². The van der Waals surface area contributed by atoms with Gasteiger partial charge in [0, 0.05) is 50.5 Å².